The molecule has 3 heteroatoms. The number of benzene rings is 1. The fourth-order valence-corrected chi connectivity index (χ4v) is 2.16. The van der Waals surface area contributed by atoms with Crippen LogP contribution in [0.25, 0.3) is 5.57 Å². The number of hydrogen-bond acceptors (Lipinski definition) is 1. The van der Waals surface area contributed by atoms with E-state index in [0.29, 0.717) is 5.02 Å². The average molecular weight is 226 g/mol. The zero-order valence-electron chi connectivity index (χ0n) is 8.34. The molecule has 0 spiro atoms. The lowest BCUT2D eigenvalue weighted by atomic mass is 9.91. The second-order valence-electron chi connectivity index (χ2n) is 3.87. The Morgan fingerprint density at radius 3 is 2.93 bits per heavy atom. The highest BCUT2D eigenvalue weighted by molar-refractivity contribution is 6.32. The van der Waals surface area contributed by atoms with Gasteiger partial charge in [0.15, 0.2) is 0 Å². The Balaban J connectivity index is 2.40. The topological polar surface area (TPSA) is 26.0 Å². The molecule has 1 aliphatic carbocycles. The van der Waals surface area contributed by atoms with Gasteiger partial charge in [0.1, 0.15) is 5.82 Å². The zero-order valence-corrected chi connectivity index (χ0v) is 9.10. The smallest absolute Gasteiger partial charge is 0.123 e. The van der Waals surface area contributed by atoms with Crippen LogP contribution in [0.3, 0.4) is 0 Å². The van der Waals surface area contributed by atoms with Crippen LogP contribution in [0.2, 0.25) is 5.02 Å². The third-order valence-corrected chi connectivity index (χ3v) is 3.00. The van der Waals surface area contributed by atoms with Gasteiger partial charge in [0.2, 0.25) is 0 Å². The molecule has 0 bridgehead atoms. The quantitative estimate of drug-likeness (QED) is 0.779. The molecule has 15 heavy (non-hydrogen) atoms. The molecule has 0 aliphatic heterocycles. The SMILES string of the molecule is NC1C=C(c2cc(F)ccc2Cl)CCC1. The minimum absolute atomic E-state index is 0.0769. The van der Waals surface area contributed by atoms with Crippen molar-refractivity contribution in [2.45, 2.75) is 25.3 Å². The van der Waals surface area contributed by atoms with Crippen molar-refractivity contribution >= 4 is 17.2 Å². The summed E-state index contributed by atoms with van der Waals surface area (Å²) in [6, 6.07) is 4.52. The van der Waals surface area contributed by atoms with Crippen LogP contribution in [-0.4, -0.2) is 6.04 Å². The Bertz CT molecular complexity index is 401. The van der Waals surface area contributed by atoms with Crippen LogP contribution in [0.5, 0.6) is 0 Å². The van der Waals surface area contributed by atoms with Crippen molar-refractivity contribution in [3.63, 3.8) is 0 Å². The average Bonchev–Trinajstić information content (AvgIpc) is 2.22. The third-order valence-electron chi connectivity index (χ3n) is 2.67. The lowest BCUT2D eigenvalue weighted by Crippen LogP contribution is -2.20. The van der Waals surface area contributed by atoms with Crippen LogP contribution in [-0.2, 0) is 0 Å². The molecule has 0 fully saturated rings. The van der Waals surface area contributed by atoms with Crippen molar-refractivity contribution in [3.8, 4) is 0 Å². The third kappa shape index (κ3) is 2.39. The highest BCUT2D eigenvalue weighted by atomic mass is 35.5. The van der Waals surface area contributed by atoms with Crippen molar-refractivity contribution < 1.29 is 4.39 Å². The number of halogens is 2. The van der Waals surface area contributed by atoms with Gasteiger partial charge in [0.05, 0.1) is 0 Å². The Hall–Kier alpha value is -0.860. The largest absolute Gasteiger partial charge is 0.324 e. The van der Waals surface area contributed by atoms with Crippen molar-refractivity contribution in [3.05, 3.63) is 40.7 Å². The van der Waals surface area contributed by atoms with Crippen LogP contribution in [0, 0.1) is 5.82 Å². The normalized spacial score (nSPS) is 21.3. The van der Waals surface area contributed by atoms with E-state index in [1.54, 1.807) is 6.07 Å². The first kappa shape index (κ1) is 10.7. The van der Waals surface area contributed by atoms with E-state index in [1.807, 2.05) is 6.08 Å². The monoisotopic (exact) mass is 225 g/mol. The summed E-state index contributed by atoms with van der Waals surface area (Å²) >= 11 is 6.03. The number of nitrogens with two attached hydrogens (primary N) is 1. The van der Waals surface area contributed by atoms with Gasteiger partial charge in [-0.3, -0.25) is 0 Å². The molecule has 0 saturated carbocycles. The number of allylic oxidation sites excluding steroid dienone is 1. The molecule has 1 unspecified atom stereocenters. The van der Waals surface area contributed by atoms with Gasteiger partial charge in [-0.25, -0.2) is 4.39 Å². The van der Waals surface area contributed by atoms with Gasteiger partial charge >= 0.3 is 0 Å². The molecule has 2 rings (SSSR count). The van der Waals surface area contributed by atoms with Gasteiger partial charge in [0, 0.05) is 11.1 Å². The summed E-state index contributed by atoms with van der Waals surface area (Å²) in [6.45, 7) is 0. The Labute approximate surface area is 93.7 Å². The van der Waals surface area contributed by atoms with E-state index in [4.69, 9.17) is 17.3 Å². The molecule has 0 amide bonds. The van der Waals surface area contributed by atoms with Gasteiger partial charge in [-0.15, -0.1) is 0 Å². The van der Waals surface area contributed by atoms with Gasteiger partial charge in [-0.2, -0.15) is 0 Å². The summed E-state index contributed by atoms with van der Waals surface area (Å²) in [5.41, 5.74) is 7.69. The molecule has 1 aromatic rings. The molecular weight excluding hydrogens is 213 g/mol. The van der Waals surface area contributed by atoms with E-state index < -0.39 is 0 Å². The van der Waals surface area contributed by atoms with E-state index in [9.17, 15) is 4.39 Å². The van der Waals surface area contributed by atoms with Crippen molar-refractivity contribution in [1.29, 1.82) is 0 Å². The van der Waals surface area contributed by atoms with Crippen molar-refractivity contribution in [1.82, 2.24) is 0 Å². The second kappa shape index (κ2) is 4.33. The summed E-state index contributed by atoms with van der Waals surface area (Å²) in [6.07, 6.45) is 4.96. The summed E-state index contributed by atoms with van der Waals surface area (Å²) in [5.74, 6) is -0.255. The lowest BCUT2D eigenvalue weighted by Gasteiger charge is -2.18. The first-order valence-electron chi connectivity index (χ1n) is 5.08. The Morgan fingerprint density at radius 1 is 1.40 bits per heavy atom. The molecule has 1 aromatic carbocycles. The Morgan fingerprint density at radius 2 is 2.20 bits per heavy atom. The van der Waals surface area contributed by atoms with E-state index in [2.05, 4.69) is 0 Å². The van der Waals surface area contributed by atoms with E-state index in [-0.39, 0.29) is 11.9 Å². The van der Waals surface area contributed by atoms with Gasteiger partial charge < -0.3 is 5.73 Å². The molecule has 2 N–H and O–H groups in total. The van der Waals surface area contributed by atoms with Gasteiger partial charge in [-0.1, -0.05) is 17.7 Å². The summed E-state index contributed by atoms with van der Waals surface area (Å²) in [7, 11) is 0. The molecule has 1 atom stereocenters. The van der Waals surface area contributed by atoms with Crippen LogP contribution in [0.4, 0.5) is 4.39 Å². The molecule has 0 saturated heterocycles. The summed E-state index contributed by atoms with van der Waals surface area (Å²) in [5, 5.41) is 0.594. The van der Waals surface area contributed by atoms with E-state index >= 15 is 0 Å². The highest BCUT2D eigenvalue weighted by Gasteiger charge is 2.14. The standard InChI is InChI=1S/C12H13ClFN/c13-12-5-4-9(14)7-11(12)8-2-1-3-10(15)6-8/h4-7,10H,1-3,15H2. The predicted octanol–water partition coefficient (Wildman–Crippen LogP) is 3.37. The minimum Gasteiger partial charge on any atom is -0.324 e. The van der Waals surface area contributed by atoms with E-state index in [1.165, 1.54) is 12.1 Å². The fraction of sp³-hybridized carbons (Fsp3) is 0.333. The molecular formula is C12H13ClFN. The first-order chi connectivity index (χ1) is 7.16. The zero-order chi connectivity index (χ0) is 10.8. The van der Waals surface area contributed by atoms with Gasteiger partial charge in [0.25, 0.3) is 0 Å². The molecule has 0 heterocycles. The fourth-order valence-electron chi connectivity index (χ4n) is 1.92. The highest BCUT2D eigenvalue weighted by Crippen LogP contribution is 2.31. The number of rotatable bonds is 1. The maximum Gasteiger partial charge on any atom is 0.123 e. The number of hydrogen-bond donors (Lipinski definition) is 1. The van der Waals surface area contributed by atoms with Gasteiger partial charge in [-0.05, 0) is 48.6 Å². The summed E-state index contributed by atoms with van der Waals surface area (Å²) < 4.78 is 13.1. The maximum atomic E-state index is 13.1. The van der Waals surface area contributed by atoms with Crippen molar-refractivity contribution in [2.24, 2.45) is 5.73 Å². The molecule has 0 aromatic heterocycles. The van der Waals surface area contributed by atoms with Crippen LogP contribution < -0.4 is 5.73 Å². The van der Waals surface area contributed by atoms with E-state index in [0.717, 1.165) is 30.4 Å². The second-order valence-corrected chi connectivity index (χ2v) is 4.28. The van der Waals surface area contributed by atoms with Crippen LogP contribution >= 0.6 is 11.6 Å². The van der Waals surface area contributed by atoms with Crippen LogP contribution in [0.15, 0.2) is 24.3 Å². The molecule has 1 aliphatic rings. The summed E-state index contributed by atoms with van der Waals surface area (Å²) in [4.78, 5) is 0. The minimum atomic E-state index is -0.255. The first-order valence-corrected chi connectivity index (χ1v) is 5.46. The molecule has 1 nitrogen and oxygen atoms in total. The maximum absolute atomic E-state index is 13.1. The predicted molar refractivity (Wildman–Crippen MR) is 61.2 cm³/mol. The molecule has 0 radical (unpaired) electrons. The molecule has 80 valence electrons. The van der Waals surface area contributed by atoms with Crippen LogP contribution in [0.1, 0.15) is 24.8 Å². The lowest BCUT2D eigenvalue weighted by molar-refractivity contribution is 0.625. The van der Waals surface area contributed by atoms with Crippen molar-refractivity contribution in [2.75, 3.05) is 0 Å². The Kier molecular flexibility index (Phi) is 3.08.